The Labute approximate surface area is 82.4 Å². The normalized spacial score (nSPS) is 17.8. The largest absolute Gasteiger partial charge is 0.367 e. The quantitative estimate of drug-likeness (QED) is 0.486. The lowest BCUT2D eigenvalue weighted by molar-refractivity contribution is 0.0767. The lowest BCUT2D eigenvalue weighted by Gasteiger charge is -2.28. The van der Waals surface area contributed by atoms with Gasteiger partial charge in [0.1, 0.15) is 6.23 Å². The molecule has 0 aliphatic heterocycles. The molecule has 0 aromatic heterocycles. The molecule has 0 amide bonds. The molecule has 0 radical (unpaired) electrons. The maximum absolute atomic E-state index is 5.13. The fraction of sp³-hybridized carbons (Fsp3) is 0.818. The van der Waals surface area contributed by atoms with Crippen LogP contribution in [-0.2, 0) is 4.74 Å². The van der Waals surface area contributed by atoms with Crippen LogP contribution in [0.3, 0.4) is 0 Å². The van der Waals surface area contributed by atoms with Gasteiger partial charge in [0.2, 0.25) is 0 Å². The Kier molecular flexibility index (Phi) is 6.00. The molecule has 1 N–H and O–H groups in total. The molecule has 2 nitrogen and oxygen atoms in total. The van der Waals surface area contributed by atoms with Crippen LogP contribution in [0.1, 0.15) is 33.6 Å². The van der Waals surface area contributed by atoms with Crippen molar-refractivity contribution in [3.05, 3.63) is 12.7 Å². The summed E-state index contributed by atoms with van der Waals surface area (Å²) in [5.41, 5.74) is 0.314. The first-order valence-corrected chi connectivity index (χ1v) is 4.95. The van der Waals surface area contributed by atoms with E-state index in [-0.39, 0.29) is 6.23 Å². The van der Waals surface area contributed by atoms with Gasteiger partial charge < -0.3 is 4.74 Å². The van der Waals surface area contributed by atoms with Crippen molar-refractivity contribution < 1.29 is 4.74 Å². The molecule has 0 aromatic rings. The van der Waals surface area contributed by atoms with Crippen molar-refractivity contribution in [3.63, 3.8) is 0 Å². The van der Waals surface area contributed by atoms with Crippen LogP contribution < -0.4 is 5.32 Å². The maximum Gasteiger partial charge on any atom is 0.104 e. The van der Waals surface area contributed by atoms with Crippen molar-refractivity contribution in [2.45, 2.75) is 39.8 Å². The molecule has 0 aromatic carbocycles. The molecule has 2 heteroatoms. The van der Waals surface area contributed by atoms with E-state index in [0.29, 0.717) is 5.41 Å². The smallest absolute Gasteiger partial charge is 0.104 e. The molecule has 0 spiro atoms. The standard InChI is InChI=1S/C11H23NO/c1-6-8-11(4,7-2)9-12-10(3)13-5/h6,10,12H,1,7-9H2,2-5H3. The summed E-state index contributed by atoms with van der Waals surface area (Å²) in [6.45, 7) is 11.3. The highest BCUT2D eigenvalue weighted by atomic mass is 16.5. The second-order valence-electron chi connectivity index (χ2n) is 3.92. The molecule has 0 heterocycles. The van der Waals surface area contributed by atoms with Gasteiger partial charge in [0.25, 0.3) is 0 Å². The van der Waals surface area contributed by atoms with Crippen molar-refractivity contribution >= 4 is 0 Å². The molecular weight excluding hydrogens is 162 g/mol. The van der Waals surface area contributed by atoms with Crippen LogP contribution >= 0.6 is 0 Å². The highest BCUT2D eigenvalue weighted by Gasteiger charge is 2.20. The topological polar surface area (TPSA) is 21.3 Å². The van der Waals surface area contributed by atoms with Gasteiger partial charge in [-0.25, -0.2) is 0 Å². The van der Waals surface area contributed by atoms with E-state index in [4.69, 9.17) is 4.74 Å². The Balaban J connectivity index is 3.89. The summed E-state index contributed by atoms with van der Waals surface area (Å²) < 4.78 is 5.13. The Morgan fingerprint density at radius 3 is 2.62 bits per heavy atom. The number of hydrogen-bond donors (Lipinski definition) is 1. The van der Waals surface area contributed by atoms with Crippen molar-refractivity contribution in [3.8, 4) is 0 Å². The van der Waals surface area contributed by atoms with Crippen LogP contribution in [0.15, 0.2) is 12.7 Å². The SMILES string of the molecule is C=CCC(C)(CC)CNC(C)OC. The average molecular weight is 185 g/mol. The molecule has 2 unspecified atom stereocenters. The monoisotopic (exact) mass is 185 g/mol. The zero-order chi connectivity index (χ0) is 10.3. The molecule has 0 aliphatic rings. The summed E-state index contributed by atoms with van der Waals surface area (Å²) in [4.78, 5) is 0. The Bertz CT molecular complexity index is 147. The molecular formula is C11H23NO. The number of hydrogen-bond acceptors (Lipinski definition) is 2. The fourth-order valence-corrected chi connectivity index (χ4v) is 1.16. The summed E-state index contributed by atoms with van der Waals surface area (Å²) in [6, 6.07) is 0. The zero-order valence-corrected chi connectivity index (χ0v) is 9.39. The summed E-state index contributed by atoms with van der Waals surface area (Å²) in [5.74, 6) is 0. The van der Waals surface area contributed by atoms with Gasteiger partial charge in [-0.1, -0.05) is 19.9 Å². The molecule has 0 rings (SSSR count). The van der Waals surface area contributed by atoms with Crippen LogP contribution in [0, 0.1) is 5.41 Å². The Morgan fingerprint density at radius 1 is 1.62 bits per heavy atom. The third kappa shape index (κ3) is 5.06. The average Bonchev–Trinajstić information content (AvgIpc) is 2.15. The van der Waals surface area contributed by atoms with E-state index in [9.17, 15) is 0 Å². The van der Waals surface area contributed by atoms with Gasteiger partial charge in [-0.2, -0.15) is 0 Å². The van der Waals surface area contributed by atoms with Gasteiger partial charge in [-0.05, 0) is 25.2 Å². The molecule has 0 fully saturated rings. The van der Waals surface area contributed by atoms with Crippen molar-refractivity contribution in [2.75, 3.05) is 13.7 Å². The number of ether oxygens (including phenoxy) is 1. The van der Waals surface area contributed by atoms with Gasteiger partial charge >= 0.3 is 0 Å². The predicted octanol–water partition coefficient (Wildman–Crippen LogP) is 2.56. The van der Waals surface area contributed by atoms with Gasteiger partial charge in [0, 0.05) is 13.7 Å². The van der Waals surface area contributed by atoms with E-state index >= 15 is 0 Å². The third-order valence-corrected chi connectivity index (χ3v) is 2.66. The number of rotatable bonds is 7. The number of nitrogens with one attached hydrogen (secondary N) is 1. The lowest BCUT2D eigenvalue weighted by atomic mass is 9.84. The van der Waals surface area contributed by atoms with Gasteiger partial charge in [0.15, 0.2) is 0 Å². The van der Waals surface area contributed by atoms with E-state index in [2.05, 4.69) is 25.7 Å². The van der Waals surface area contributed by atoms with Crippen LogP contribution in [-0.4, -0.2) is 19.9 Å². The van der Waals surface area contributed by atoms with E-state index < -0.39 is 0 Å². The van der Waals surface area contributed by atoms with Gasteiger partial charge in [-0.15, -0.1) is 6.58 Å². The van der Waals surface area contributed by atoms with Crippen LogP contribution in [0.25, 0.3) is 0 Å². The first-order valence-electron chi connectivity index (χ1n) is 4.95. The summed E-state index contributed by atoms with van der Waals surface area (Å²) in [6.07, 6.45) is 4.33. The maximum atomic E-state index is 5.13. The van der Waals surface area contributed by atoms with Crippen LogP contribution in [0.2, 0.25) is 0 Å². The minimum Gasteiger partial charge on any atom is -0.367 e. The minimum absolute atomic E-state index is 0.135. The van der Waals surface area contributed by atoms with Gasteiger partial charge in [-0.3, -0.25) is 5.32 Å². The molecule has 0 aliphatic carbocycles. The molecule has 13 heavy (non-hydrogen) atoms. The van der Waals surface area contributed by atoms with E-state index in [1.807, 2.05) is 13.0 Å². The summed E-state index contributed by atoms with van der Waals surface area (Å²) >= 11 is 0. The third-order valence-electron chi connectivity index (χ3n) is 2.66. The summed E-state index contributed by atoms with van der Waals surface area (Å²) in [5, 5.41) is 3.34. The van der Waals surface area contributed by atoms with Crippen molar-refractivity contribution in [1.82, 2.24) is 5.32 Å². The summed E-state index contributed by atoms with van der Waals surface area (Å²) in [7, 11) is 1.72. The molecule has 0 saturated heterocycles. The first-order chi connectivity index (χ1) is 6.08. The highest BCUT2D eigenvalue weighted by Crippen LogP contribution is 2.24. The van der Waals surface area contributed by atoms with E-state index in [1.165, 1.54) is 0 Å². The Hall–Kier alpha value is -0.340. The second-order valence-corrected chi connectivity index (χ2v) is 3.92. The van der Waals surface area contributed by atoms with E-state index in [0.717, 1.165) is 19.4 Å². The van der Waals surface area contributed by atoms with Crippen LogP contribution in [0.4, 0.5) is 0 Å². The van der Waals surface area contributed by atoms with E-state index in [1.54, 1.807) is 7.11 Å². The fourth-order valence-electron chi connectivity index (χ4n) is 1.16. The lowest BCUT2D eigenvalue weighted by Crippen LogP contribution is -2.37. The van der Waals surface area contributed by atoms with Crippen molar-refractivity contribution in [2.24, 2.45) is 5.41 Å². The number of allylic oxidation sites excluding steroid dienone is 1. The molecule has 78 valence electrons. The van der Waals surface area contributed by atoms with Crippen molar-refractivity contribution in [1.29, 1.82) is 0 Å². The second kappa shape index (κ2) is 6.17. The predicted molar refractivity (Wildman–Crippen MR) is 57.7 cm³/mol. The van der Waals surface area contributed by atoms with Gasteiger partial charge in [0.05, 0.1) is 0 Å². The molecule has 0 saturated carbocycles. The Morgan fingerprint density at radius 2 is 2.23 bits per heavy atom. The van der Waals surface area contributed by atoms with Crippen LogP contribution in [0.5, 0.6) is 0 Å². The molecule has 2 atom stereocenters. The molecule has 0 bridgehead atoms. The zero-order valence-electron chi connectivity index (χ0n) is 9.39. The minimum atomic E-state index is 0.135. The first kappa shape index (κ1) is 12.7. The number of methoxy groups -OCH3 is 1. The highest BCUT2D eigenvalue weighted by molar-refractivity contribution is 4.83.